The van der Waals surface area contributed by atoms with Crippen molar-refractivity contribution in [3.05, 3.63) is 74.9 Å². The van der Waals surface area contributed by atoms with Crippen molar-refractivity contribution < 1.29 is 9.59 Å². The topological polar surface area (TPSA) is 71.1 Å². The van der Waals surface area contributed by atoms with Gasteiger partial charge in [0, 0.05) is 11.1 Å². The molecule has 120 valence electrons. The number of rotatable bonds is 5. The van der Waals surface area contributed by atoms with E-state index in [4.69, 9.17) is 0 Å². The van der Waals surface area contributed by atoms with Crippen LogP contribution in [0.25, 0.3) is 6.08 Å². The average Bonchev–Trinajstić information content (AvgIpc) is 3.29. The second-order valence-electron chi connectivity index (χ2n) is 4.67. The first-order valence-electron chi connectivity index (χ1n) is 7.05. The predicted molar refractivity (Wildman–Crippen MR) is 96.9 cm³/mol. The summed E-state index contributed by atoms with van der Waals surface area (Å²) in [7, 11) is 0. The van der Waals surface area contributed by atoms with E-state index in [-0.39, 0.29) is 11.6 Å². The normalized spacial score (nSPS) is 11.1. The van der Waals surface area contributed by atoms with Gasteiger partial charge in [-0.15, -0.1) is 22.7 Å². The zero-order chi connectivity index (χ0) is 16.8. The number of aromatic nitrogens is 1. The Kier molecular flexibility index (Phi) is 5.15. The summed E-state index contributed by atoms with van der Waals surface area (Å²) in [6, 6.07) is 12.5. The molecule has 0 aliphatic heterocycles. The molecule has 0 spiro atoms. The van der Waals surface area contributed by atoms with Crippen LogP contribution < -0.4 is 10.6 Å². The van der Waals surface area contributed by atoms with Crippen molar-refractivity contribution in [3.63, 3.8) is 0 Å². The Morgan fingerprint density at radius 3 is 2.50 bits per heavy atom. The molecule has 3 aromatic rings. The second-order valence-corrected chi connectivity index (χ2v) is 6.60. The highest BCUT2D eigenvalue weighted by Gasteiger charge is 2.16. The largest absolute Gasteiger partial charge is 0.317 e. The molecule has 2 amide bonds. The first-order chi connectivity index (χ1) is 11.7. The maximum absolute atomic E-state index is 12.5. The van der Waals surface area contributed by atoms with Gasteiger partial charge in [0.1, 0.15) is 11.5 Å². The Morgan fingerprint density at radius 2 is 1.83 bits per heavy atom. The van der Waals surface area contributed by atoms with Gasteiger partial charge in [-0.3, -0.25) is 9.59 Å². The highest BCUT2D eigenvalue weighted by Crippen LogP contribution is 2.15. The molecule has 0 bridgehead atoms. The lowest BCUT2D eigenvalue weighted by Crippen LogP contribution is -2.30. The summed E-state index contributed by atoms with van der Waals surface area (Å²) < 4.78 is 0. The number of carbonyl (C=O) groups is 2. The molecule has 0 saturated heterocycles. The molecule has 0 aliphatic carbocycles. The maximum Gasteiger partial charge on any atom is 0.273 e. The summed E-state index contributed by atoms with van der Waals surface area (Å²) in [6.07, 6.45) is 3.23. The number of amides is 2. The summed E-state index contributed by atoms with van der Waals surface area (Å²) in [5.74, 6) is -0.319. The molecule has 0 atom stereocenters. The Balaban J connectivity index is 1.82. The summed E-state index contributed by atoms with van der Waals surface area (Å²) in [5.41, 5.74) is 0.168. The molecule has 0 aromatic carbocycles. The third-order valence-electron chi connectivity index (χ3n) is 2.97. The molecule has 0 saturated carbocycles. The van der Waals surface area contributed by atoms with E-state index in [1.54, 1.807) is 42.6 Å². The summed E-state index contributed by atoms with van der Waals surface area (Å²) in [6.45, 7) is 0. The van der Waals surface area contributed by atoms with Crippen molar-refractivity contribution in [2.45, 2.75) is 0 Å². The minimum Gasteiger partial charge on any atom is -0.317 e. The third kappa shape index (κ3) is 4.15. The minimum atomic E-state index is -0.424. The number of nitrogens with one attached hydrogen (secondary N) is 2. The molecular weight excluding hydrogens is 342 g/mol. The molecule has 7 heteroatoms. The van der Waals surface area contributed by atoms with Gasteiger partial charge in [0.15, 0.2) is 0 Å². The Morgan fingerprint density at radius 1 is 1.00 bits per heavy atom. The van der Waals surface area contributed by atoms with Crippen LogP contribution in [0.3, 0.4) is 0 Å². The SMILES string of the molecule is O=C(Nc1ccccn1)C(=Cc1cccs1)NC(=O)c1cccs1. The van der Waals surface area contributed by atoms with E-state index in [0.29, 0.717) is 10.7 Å². The Hall–Kier alpha value is -2.77. The molecule has 0 aliphatic rings. The van der Waals surface area contributed by atoms with E-state index < -0.39 is 5.91 Å². The number of pyridine rings is 1. The lowest BCUT2D eigenvalue weighted by Gasteiger charge is -2.09. The van der Waals surface area contributed by atoms with E-state index >= 15 is 0 Å². The van der Waals surface area contributed by atoms with Gasteiger partial charge in [-0.1, -0.05) is 18.2 Å². The molecule has 0 unspecified atom stereocenters. The van der Waals surface area contributed by atoms with Gasteiger partial charge in [-0.25, -0.2) is 4.98 Å². The van der Waals surface area contributed by atoms with Crippen LogP contribution in [-0.2, 0) is 4.79 Å². The molecule has 0 fully saturated rings. The number of hydrogen-bond donors (Lipinski definition) is 2. The number of nitrogens with zero attached hydrogens (tertiary/aromatic N) is 1. The summed E-state index contributed by atoms with van der Waals surface area (Å²) >= 11 is 2.79. The predicted octanol–water partition coefficient (Wildman–Crippen LogP) is 3.61. The van der Waals surface area contributed by atoms with Crippen molar-refractivity contribution in [2.75, 3.05) is 5.32 Å². The smallest absolute Gasteiger partial charge is 0.273 e. The monoisotopic (exact) mass is 355 g/mol. The van der Waals surface area contributed by atoms with Crippen LogP contribution in [0.5, 0.6) is 0 Å². The van der Waals surface area contributed by atoms with Gasteiger partial charge < -0.3 is 10.6 Å². The van der Waals surface area contributed by atoms with Gasteiger partial charge in [-0.2, -0.15) is 0 Å². The van der Waals surface area contributed by atoms with E-state index in [9.17, 15) is 9.59 Å². The van der Waals surface area contributed by atoms with E-state index in [0.717, 1.165) is 4.88 Å². The number of carbonyl (C=O) groups excluding carboxylic acids is 2. The first-order valence-corrected chi connectivity index (χ1v) is 8.81. The van der Waals surface area contributed by atoms with Crippen LogP contribution in [0.4, 0.5) is 5.82 Å². The van der Waals surface area contributed by atoms with Gasteiger partial charge in [0.2, 0.25) is 0 Å². The van der Waals surface area contributed by atoms with Gasteiger partial charge in [-0.05, 0) is 41.1 Å². The molecule has 0 radical (unpaired) electrons. The van der Waals surface area contributed by atoms with Crippen LogP contribution >= 0.6 is 22.7 Å². The lowest BCUT2D eigenvalue weighted by molar-refractivity contribution is -0.113. The zero-order valence-corrected chi connectivity index (χ0v) is 14.1. The number of hydrogen-bond acceptors (Lipinski definition) is 5. The van der Waals surface area contributed by atoms with Crippen molar-refractivity contribution in [1.82, 2.24) is 10.3 Å². The lowest BCUT2D eigenvalue weighted by atomic mass is 10.3. The summed E-state index contributed by atoms with van der Waals surface area (Å²) in [4.78, 5) is 30.3. The maximum atomic E-state index is 12.5. The fourth-order valence-corrected chi connectivity index (χ4v) is 3.16. The van der Waals surface area contributed by atoms with Crippen LogP contribution in [0, 0.1) is 0 Å². The fourth-order valence-electron chi connectivity index (χ4n) is 1.89. The zero-order valence-electron chi connectivity index (χ0n) is 12.4. The average molecular weight is 355 g/mol. The van der Waals surface area contributed by atoms with Crippen molar-refractivity contribution in [3.8, 4) is 0 Å². The van der Waals surface area contributed by atoms with Crippen molar-refractivity contribution in [1.29, 1.82) is 0 Å². The Bertz CT molecular complexity index is 841. The number of anilines is 1. The standard InChI is InChI=1S/C17H13N3O2S2/c21-16(20-15-7-1-2-8-18-15)13(11-12-5-3-9-23-12)19-17(22)14-6-4-10-24-14/h1-11H,(H,19,22)(H,18,20,21). The van der Waals surface area contributed by atoms with Crippen LogP contribution in [0.15, 0.2) is 65.1 Å². The molecule has 3 rings (SSSR count). The third-order valence-corrected chi connectivity index (χ3v) is 4.66. The van der Waals surface area contributed by atoms with E-state index in [1.807, 2.05) is 22.9 Å². The molecule has 5 nitrogen and oxygen atoms in total. The van der Waals surface area contributed by atoms with Crippen LogP contribution in [0.1, 0.15) is 14.5 Å². The summed E-state index contributed by atoms with van der Waals surface area (Å²) in [5, 5.41) is 9.07. The van der Waals surface area contributed by atoms with Gasteiger partial charge >= 0.3 is 0 Å². The van der Waals surface area contributed by atoms with Crippen LogP contribution in [0.2, 0.25) is 0 Å². The first kappa shape index (κ1) is 16.1. The van der Waals surface area contributed by atoms with Crippen molar-refractivity contribution in [2.24, 2.45) is 0 Å². The van der Waals surface area contributed by atoms with E-state index in [1.165, 1.54) is 22.7 Å². The molecule has 24 heavy (non-hydrogen) atoms. The fraction of sp³-hybridized carbons (Fsp3) is 0. The van der Waals surface area contributed by atoms with Crippen LogP contribution in [-0.4, -0.2) is 16.8 Å². The minimum absolute atomic E-state index is 0.168. The second kappa shape index (κ2) is 7.67. The number of thiophene rings is 2. The molecule has 3 heterocycles. The molecule has 3 aromatic heterocycles. The van der Waals surface area contributed by atoms with Gasteiger partial charge in [0.25, 0.3) is 11.8 Å². The Labute approximate surface area is 146 Å². The molecular formula is C17H13N3O2S2. The quantitative estimate of drug-likeness (QED) is 0.687. The van der Waals surface area contributed by atoms with Crippen molar-refractivity contribution >= 4 is 46.4 Å². The highest BCUT2D eigenvalue weighted by molar-refractivity contribution is 7.12. The van der Waals surface area contributed by atoms with Gasteiger partial charge in [0.05, 0.1) is 4.88 Å². The highest BCUT2D eigenvalue weighted by atomic mass is 32.1. The molecule has 2 N–H and O–H groups in total. The van der Waals surface area contributed by atoms with E-state index in [2.05, 4.69) is 15.6 Å².